The maximum atomic E-state index is 11.2. The first-order valence-corrected chi connectivity index (χ1v) is 4.81. The Morgan fingerprint density at radius 3 is 2.23 bits per heavy atom. The first kappa shape index (κ1) is 12.4. The third-order valence-corrected chi connectivity index (χ3v) is 2.11. The number of esters is 1. The topological polar surface area (TPSA) is 29.5 Å². The van der Waals surface area contributed by atoms with Gasteiger partial charge in [0.1, 0.15) is 0 Å². The van der Waals surface area contributed by atoms with E-state index in [9.17, 15) is 4.79 Å². The van der Waals surface area contributed by atoms with Crippen molar-refractivity contribution >= 4 is 5.97 Å². The van der Waals surface area contributed by atoms with Crippen molar-refractivity contribution in [3.05, 3.63) is 0 Å². The Labute approximate surface area is 81.1 Å². The minimum atomic E-state index is -0.102. The number of hydrogen-bond donors (Lipinski definition) is 0. The van der Waals surface area contributed by atoms with Crippen LogP contribution in [0.25, 0.3) is 0 Å². The van der Waals surface area contributed by atoms with Crippen LogP contribution in [-0.4, -0.2) is 37.6 Å². The van der Waals surface area contributed by atoms with Crippen LogP contribution in [-0.2, 0) is 9.53 Å². The van der Waals surface area contributed by atoms with Gasteiger partial charge < -0.3 is 9.64 Å². The molecule has 78 valence electrons. The highest BCUT2D eigenvalue weighted by Gasteiger charge is 2.19. The van der Waals surface area contributed by atoms with Crippen molar-refractivity contribution in [3.63, 3.8) is 0 Å². The minimum absolute atomic E-state index is 0.102. The Morgan fingerprint density at radius 2 is 1.92 bits per heavy atom. The van der Waals surface area contributed by atoms with E-state index >= 15 is 0 Å². The largest absolute Gasteiger partial charge is 0.466 e. The second-order valence-corrected chi connectivity index (χ2v) is 3.78. The van der Waals surface area contributed by atoms with Gasteiger partial charge in [0.25, 0.3) is 0 Å². The van der Waals surface area contributed by atoms with Gasteiger partial charge in [0, 0.05) is 6.04 Å². The quantitative estimate of drug-likeness (QED) is 0.611. The fourth-order valence-corrected chi connectivity index (χ4v) is 1.41. The zero-order valence-corrected chi connectivity index (χ0v) is 9.33. The number of ether oxygens (including phenoxy) is 1. The van der Waals surface area contributed by atoms with Crippen molar-refractivity contribution in [3.8, 4) is 0 Å². The van der Waals surface area contributed by atoms with Crippen molar-refractivity contribution in [1.29, 1.82) is 0 Å². The molecule has 0 saturated heterocycles. The standard InChI is InChI=1S/C10H21NO2/c1-6-13-10(12)7-9(8(2)3)11(4)5/h8-9H,6-7H2,1-5H3. The molecule has 0 bridgehead atoms. The fraction of sp³-hybridized carbons (Fsp3) is 0.900. The summed E-state index contributed by atoms with van der Waals surface area (Å²) >= 11 is 0. The highest BCUT2D eigenvalue weighted by atomic mass is 16.5. The number of hydrogen-bond acceptors (Lipinski definition) is 3. The molecule has 0 rings (SSSR count). The Balaban J connectivity index is 4.02. The van der Waals surface area contributed by atoms with Crippen LogP contribution in [0.2, 0.25) is 0 Å². The summed E-state index contributed by atoms with van der Waals surface area (Å²) in [6.45, 7) is 6.53. The number of carbonyl (C=O) groups is 1. The summed E-state index contributed by atoms with van der Waals surface area (Å²) < 4.78 is 4.91. The van der Waals surface area contributed by atoms with Gasteiger partial charge in [-0.3, -0.25) is 4.79 Å². The van der Waals surface area contributed by atoms with Crippen LogP contribution >= 0.6 is 0 Å². The molecule has 1 atom stereocenters. The van der Waals surface area contributed by atoms with Crippen molar-refractivity contribution < 1.29 is 9.53 Å². The van der Waals surface area contributed by atoms with Crippen LogP contribution < -0.4 is 0 Å². The van der Waals surface area contributed by atoms with Gasteiger partial charge in [-0.1, -0.05) is 13.8 Å². The zero-order valence-electron chi connectivity index (χ0n) is 9.33. The average molecular weight is 187 g/mol. The highest BCUT2D eigenvalue weighted by Crippen LogP contribution is 2.12. The molecular formula is C10H21NO2. The number of nitrogens with zero attached hydrogens (tertiary/aromatic N) is 1. The van der Waals surface area contributed by atoms with E-state index in [4.69, 9.17) is 4.74 Å². The van der Waals surface area contributed by atoms with E-state index in [1.165, 1.54) is 0 Å². The first-order valence-electron chi connectivity index (χ1n) is 4.81. The van der Waals surface area contributed by atoms with E-state index in [-0.39, 0.29) is 12.0 Å². The predicted octanol–water partition coefficient (Wildman–Crippen LogP) is 1.53. The molecule has 0 N–H and O–H groups in total. The molecule has 0 aliphatic heterocycles. The molecule has 0 aliphatic carbocycles. The van der Waals surface area contributed by atoms with E-state index in [0.717, 1.165) is 0 Å². The lowest BCUT2D eigenvalue weighted by molar-refractivity contribution is -0.144. The SMILES string of the molecule is CCOC(=O)CC(C(C)C)N(C)C. The summed E-state index contributed by atoms with van der Waals surface area (Å²) in [6, 6.07) is 0.277. The lowest BCUT2D eigenvalue weighted by atomic mass is 10.0. The minimum Gasteiger partial charge on any atom is -0.466 e. The summed E-state index contributed by atoms with van der Waals surface area (Å²) in [5, 5.41) is 0. The lowest BCUT2D eigenvalue weighted by Crippen LogP contribution is -2.35. The molecule has 0 heterocycles. The third kappa shape index (κ3) is 4.88. The normalized spacial score (nSPS) is 13.5. The van der Waals surface area contributed by atoms with Crippen LogP contribution in [0.4, 0.5) is 0 Å². The van der Waals surface area contributed by atoms with E-state index in [0.29, 0.717) is 18.9 Å². The van der Waals surface area contributed by atoms with E-state index < -0.39 is 0 Å². The molecule has 0 aliphatic rings. The summed E-state index contributed by atoms with van der Waals surface area (Å²) in [6.07, 6.45) is 0.485. The molecule has 0 spiro atoms. The molecule has 0 aromatic heterocycles. The smallest absolute Gasteiger partial charge is 0.307 e. The van der Waals surface area contributed by atoms with Gasteiger partial charge in [-0.2, -0.15) is 0 Å². The maximum Gasteiger partial charge on any atom is 0.307 e. The van der Waals surface area contributed by atoms with Crippen LogP contribution in [0, 0.1) is 5.92 Å². The molecule has 3 nitrogen and oxygen atoms in total. The van der Waals surface area contributed by atoms with Crippen molar-refractivity contribution in [1.82, 2.24) is 4.90 Å². The third-order valence-electron chi connectivity index (χ3n) is 2.11. The van der Waals surface area contributed by atoms with Crippen LogP contribution in [0.5, 0.6) is 0 Å². The Kier molecular flexibility index (Phi) is 5.71. The number of carbonyl (C=O) groups excluding carboxylic acids is 1. The van der Waals surface area contributed by atoms with Gasteiger partial charge in [0.2, 0.25) is 0 Å². The Morgan fingerprint density at radius 1 is 1.38 bits per heavy atom. The molecule has 1 unspecified atom stereocenters. The fourth-order valence-electron chi connectivity index (χ4n) is 1.41. The summed E-state index contributed by atoms with van der Waals surface area (Å²) in [4.78, 5) is 13.3. The van der Waals surface area contributed by atoms with Gasteiger partial charge >= 0.3 is 5.97 Å². The van der Waals surface area contributed by atoms with Gasteiger partial charge in [0.05, 0.1) is 13.0 Å². The van der Waals surface area contributed by atoms with E-state index in [1.54, 1.807) is 0 Å². The van der Waals surface area contributed by atoms with Gasteiger partial charge in [-0.25, -0.2) is 0 Å². The molecule has 0 saturated carbocycles. The zero-order chi connectivity index (χ0) is 10.4. The molecular weight excluding hydrogens is 166 g/mol. The first-order chi connectivity index (χ1) is 5.99. The average Bonchev–Trinajstić information content (AvgIpc) is 1.99. The monoisotopic (exact) mass is 187 g/mol. The summed E-state index contributed by atoms with van der Waals surface area (Å²) in [5.41, 5.74) is 0. The second-order valence-electron chi connectivity index (χ2n) is 3.78. The van der Waals surface area contributed by atoms with Crippen LogP contribution in [0.15, 0.2) is 0 Å². The Bertz CT molecular complexity index is 147. The van der Waals surface area contributed by atoms with E-state index in [1.807, 2.05) is 21.0 Å². The number of rotatable bonds is 5. The molecule has 0 aromatic rings. The second kappa shape index (κ2) is 5.97. The van der Waals surface area contributed by atoms with Crippen molar-refractivity contribution in [2.24, 2.45) is 5.92 Å². The van der Waals surface area contributed by atoms with Crippen molar-refractivity contribution in [2.75, 3.05) is 20.7 Å². The molecule has 3 heteroatoms. The molecule has 13 heavy (non-hydrogen) atoms. The maximum absolute atomic E-state index is 11.2. The molecule has 0 fully saturated rings. The van der Waals surface area contributed by atoms with Gasteiger partial charge in [-0.05, 0) is 26.9 Å². The van der Waals surface area contributed by atoms with Gasteiger partial charge in [-0.15, -0.1) is 0 Å². The predicted molar refractivity (Wildman–Crippen MR) is 53.6 cm³/mol. The molecule has 0 radical (unpaired) electrons. The lowest BCUT2D eigenvalue weighted by Gasteiger charge is -2.26. The van der Waals surface area contributed by atoms with E-state index in [2.05, 4.69) is 18.7 Å². The summed E-state index contributed by atoms with van der Waals surface area (Å²) in [7, 11) is 3.98. The summed E-state index contributed by atoms with van der Waals surface area (Å²) in [5.74, 6) is 0.370. The highest BCUT2D eigenvalue weighted by molar-refractivity contribution is 5.70. The van der Waals surface area contributed by atoms with Gasteiger partial charge in [0.15, 0.2) is 0 Å². The molecule has 0 aromatic carbocycles. The van der Waals surface area contributed by atoms with Crippen LogP contribution in [0.3, 0.4) is 0 Å². The van der Waals surface area contributed by atoms with Crippen LogP contribution in [0.1, 0.15) is 27.2 Å². The molecule has 0 amide bonds. The Hall–Kier alpha value is -0.570. The van der Waals surface area contributed by atoms with Crippen molar-refractivity contribution in [2.45, 2.75) is 33.2 Å².